The predicted octanol–water partition coefficient (Wildman–Crippen LogP) is 1.99. The molecule has 1 aromatic rings. The zero-order valence-electron chi connectivity index (χ0n) is 10.2. The fourth-order valence-electron chi connectivity index (χ4n) is 1.47. The number of carbonyl (C=O) groups is 1. The van der Waals surface area contributed by atoms with Gasteiger partial charge in [-0.1, -0.05) is 19.1 Å². The van der Waals surface area contributed by atoms with Gasteiger partial charge in [-0.05, 0) is 40.8 Å². The molecular weight excluding hydrogens is 363 g/mol. The van der Waals surface area contributed by atoms with E-state index >= 15 is 0 Å². The van der Waals surface area contributed by atoms with Gasteiger partial charge < -0.3 is 15.7 Å². The number of nitrogens with two attached hydrogens (primary N) is 1. The molecule has 1 atom stereocenters. The van der Waals surface area contributed by atoms with Crippen LogP contribution in [0.1, 0.15) is 17.3 Å². The summed E-state index contributed by atoms with van der Waals surface area (Å²) >= 11 is 6.97. The minimum absolute atomic E-state index is 0.0183. The van der Waals surface area contributed by atoms with Gasteiger partial charge in [0.25, 0.3) is 5.91 Å². The third kappa shape index (κ3) is 3.81. The molecule has 0 fully saturated rings. The van der Waals surface area contributed by atoms with Crippen molar-refractivity contribution in [1.29, 1.82) is 0 Å². The molecule has 0 spiro atoms. The molecule has 1 rings (SSSR count). The quantitative estimate of drug-likeness (QED) is 0.621. The van der Waals surface area contributed by atoms with Gasteiger partial charge in [0.1, 0.15) is 5.75 Å². The van der Waals surface area contributed by atoms with Crippen LogP contribution in [-0.4, -0.2) is 34.5 Å². The van der Waals surface area contributed by atoms with Crippen LogP contribution in [0.15, 0.2) is 18.2 Å². The van der Waals surface area contributed by atoms with Crippen LogP contribution < -0.4 is 5.73 Å². The first-order valence-corrected chi connectivity index (χ1v) is 6.85. The van der Waals surface area contributed by atoms with Crippen molar-refractivity contribution in [3.63, 3.8) is 0 Å². The minimum Gasteiger partial charge on any atom is -0.507 e. The Morgan fingerprint density at radius 1 is 1.61 bits per heavy atom. The smallest absolute Gasteiger partial charge is 0.257 e. The molecule has 3 N–H and O–H groups in total. The molecule has 0 aliphatic carbocycles. The number of aromatic hydroxyl groups is 1. The third-order valence-corrected chi connectivity index (χ3v) is 3.64. The normalized spacial score (nSPS) is 11.9. The molecule has 1 unspecified atom stereocenters. The number of benzene rings is 1. The molecule has 98 valence electrons. The highest BCUT2D eigenvalue weighted by molar-refractivity contribution is 14.1. The van der Waals surface area contributed by atoms with Crippen molar-refractivity contribution in [1.82, 2.24) is 4.90 Å². The van der Waals surface area contributed by atoms with E-state index < -0.39 is 0 Å². The summed E-state index contributed by atoms with van der Waals surface area (Å²) in [5.41, 5.74) is 5.81. The highest BCUT2D eigenvalue weighted by Gasteiger charge is 2.18. The Balaban J connectivity index is 2.86. The lowest BCUT2D eigenvalue weighted by Crippen LogP contribution is -2.35. The van der Waals surface area contributed by atoms with E-state index in [-0.39, 0.29) is 17.6 Å². The number of amides is 1. The molecule has 6 heteroatoms. The molecule has 0 bridgehead atoms. The first-order valence-electron chi connectivity index (χ1n) is 5.36. The Kier molecular flexibility index (Phi) is 5.33. The summed E-state index contributed by atoms with van der Waals surface area (Å²) < 4.78 is 0.893. The third-order valence-electron chi connectivity index (χ3n) is 2.57. The van der Waals surface area contributed by atoms with Crippen LogP contribution in [-0.2, 0) is 0 Å². The van der Waals surface area contributed by atoms with E-state index in [9.17, 15) is 9.90 Å². The number of phenols is 1. The van der Waals surface area contributed by atoms with Crippen molar-refractivity contribution in [2.45, 2.75) is 6.92 Å². The zero-order valence-corrected chi connectivity index (χ0v) is 13.2. The molecule has 1 aromatic carbocycles. The Morgan fingerprint density at radius 2 is 2.22 bits per heavy atom. The zero-order chi connectivity index (χ0) is 13.9. The van der Waals surface area contributed by atoms with Crippen molar-refractivity contribution in [3.8, 4) is 5.75 Å². The maximum Gasteiger partial charge on any atom is 0.257 e. The number of halogens is 1. The van der Waals surface area contributed by atoms with Crippen LogP contribution in [0.4, 0.5) is 0 Å². The van der Waals surface area contributed by atoms with Crippen LogP contribution in [0.25, 0.3) is 0 Å². The van der Waals surface area contributed by atoms with Gasteiger partial charge >= 0.3 is 0 Å². The van der Waals surface area contributed by atoms with E-state index in [2.05, 4.69) is 22.6 Å². The lowest BCUT2D eigenvalue weighted by atomic mass is 10.1. The Hall–Kier alpha value is -0.890. The van der Waals surface area contributed by atoms with E-state index in [0.717, 1.165) is 3.57 Å². The lowest BCUT2D eigenvalue weighted by molar-refractivity contribution is 0.0784. The summed E-state index contributed by atoms with van der Waals surface area (Å²) in [4.78, 5) is 14.0. The van der Waals surface area contributed by atoms with Crippen LogP contribution in [0, 0.1) is 9.49 Å². The lowest BCUT2D eigenvalue weighted by Gasteiger charge is -2.21. The Bertz CT molecular complexity index is 479. The van der Waals surface area contributed by atoms with E-state index in [0.29, 0.717) is 17.1 Å². The average molecular weight is 378 g/mol. The van der Waals surface area contributed by atoms with Gasteiger partial charge in [-0.3, -0.25) is 4.79 Å². The summed E-state index contributed by atoms with van der Waals surface area (Å²) in [5, 5.41) is 9.70. The second-order valence-electron chi connectivity index (χ2n) is 4.15. The SMILES string of the molecule is CC(CN(C)C(=O)c1cc(I)ccc1O)C(N)=S. The average Bonchev–Trinajstić information content (AvgIpc) is 2.31. The van der Waals surface area contributed by atoms with Gasteiger partial charge in [-0.2, -0.15) is 0 Å². The monoisotopic (exact) mass is 378 g/mol. The van der Waals surface area contributed by atoms with Crippen molar-refractivity contribution in [2.24, 2.45) is 11.7 Å². The van der Waals surface area contributed by atoms with Crippen molar-refractivity contribution >= 4 is 45.7 Å². The first kappa shape index (κ1) is 15.2. The number of hydrogen-bond acceptors (Lipinski definition) is 3. The number of nitrogens with zero attached hydrogens (tertiary/aromatic N) is 1. The maximum atomic E-state index is 12.2. The van der Waals surface area contributed by atoms with Crippen molar-refractivity contribution in [3.05, 3.63) is 27.3 Å². The fourth-order valence-corrected chi connectivity index (χ4v) is 2.03. The number of thiocarbonyl (C=S) groups is 1. The minimum atomic E-state index is -0.242. The van der Waals surface area contributed by atoms with E-state index in [4.69, 9.17) is 18.0 Å². The number of carbonyl (C=O) groups excluding carboxylic acids is 1. The highest BCUT2D eigenvalue weighted by atomic mass is 127. The fraction of sp³-hybridized carbons (Fsp3) is 0.333. The molecule has 1 amide bonds. The summed E-state index contributed by atoms with van der Waals surface area (Å²) in [6.45, 7) is 2.29. The molecular formula is C12H15IN2O2S. The number of hydrogen-bond donors (Lipinski definition) is 2. The van der Waals surface area contributed by atoms with Crippen molar-refractivity contribution < 1.29 is 9.90 Å². The Labute approximate surface area is 125 Å². The van der Waals surface area contributed by atoms with E-state index in [1.54, 1.807) is 19.2 Å². The number of rotatable bonds is 4. The molecule has 0 heterocycles. The standard InChI is InChI=1S/C12H15IN2O2S/c1-7(11(14)18)6-15(2)12(17)9-5-8(13)3-4-10(9)16/h3-5,7,16H,6H2,1-2H3,(H2,14,18). The largest absolute Gasteiger partial charge is 0.507 e. The summed E-state index contributed by atoms with van der Waals surface area (Å²) in [7, 11) is 1.66. The molecule has 18 heavy (non-hydrogen) atoms. The molecule has 0 saturated heterocycles. The van der Waals surface area contributed by atoms with Gasteiger partial charge in [-0.15, -0.1) is 0 Å². The van der Waals surface area contributed by atoms with Crippen LogP contribution >= 0.6 is 34.8 Å². The van der Waals surface area contributed by atoms with E-state index in [1.807, 2.05) is 6.92 Å². The van der Waals surface area contributed by atoms with Gasteiger partial charge in [0.15, 0.2) is 0 Å². The molecule has 0 aromatic heterocycles. The molecule has 0 aliphatic rings. The topological polar surface area (TPSA) is 66.6 Å². The molecule has 0 radical (unpaired) electrons. The first-order chi connectivity index (χ1) is 8.32. The Morgan fingerprint density at radius 3 is 2.78 bits per heavy atom. The summed E-state index contributed by atoms with van der Waals surface area (Å²) in [6.07, 6.45) is 0. The molecule has 4 nitrogen and oxygen atoms in total. The van der Waals surface area contributed by atoms with Crippen LogP contribution in [0.2, 0.25) is 0 Å². The van der Waals surface area contributed by atoms with Crippen LogP contribution in [0.3, 0.4) is 0 Å². The van der Waals surface area contributed by atoms with Crippen molar-refractivity contribution in [2.75, 3.05) is 13.6 Å². The van der Waals surface area contributed by atoms with Gasteiger partial charge in [-0.25, -0.2) is 0 Å². The van der Waals surface area contributed by atoms with Gasteiger partial charge in [0.2, 0.25) is 0 Å². The maximum absolute atomic E-state index is 12.2. The predicted molar refractivity (Wildman–Crippen MR) is 83.7 cm³/mol. The number of phenolic OH excluding ortho intramolecular Hbond substituents is 1. The van der Waals surface area contributed by atoms with E-state index in [1.165, 1.54) is 11.0 Å². The van der Waals surface area contributed by atoms with Crippen LogP contribution in [0.5, 0.6) is 5.75 Å². The van der Waals surface area contributed by atoms with Gasteiger partial charge in [0, 0.05) is 23.1 Å². The van der Waals surface area contributed by atoms with Gasteiger partial charge in [0.05, 0.1) is 10.6 Å². The summed E-state index contributed by atoms with van der Waals surface area (Å²) in [6, 6.07) is 4.91. The second kappa shape index (κ2) is 6.33. The second-order valence-corrected chi connectivity index (χ2v) is 5.87. The molecule has 0 saturated carbocycles. The molecule has 0 aliphatic heterocycles. The summed E-state index contributed by atoms with van der Waals surface area (Å²) in [5.74, 6) is -0.316. The highest BCUT2D eigenvalue weighted by Crippen LogP contribution is 2.21.